The second-order valence-corrected chi connectivity index (χ2v) is 8.84. The summed E-state index contributed by atoms with van der Waals surface area (Å²) in [4.78, 5) is 16.4. The lowest BCUT2D eigenvalue weighted by Crippen LogP contribution is -2.12. The number of aryl methyl sites for hydroxylation is 4. The van der Waals surface area contributed by atoms with Gasteiger partial charge in [0.2, 0.25) is 5.91 Å². The second kappa shape index (κ2) is 7.52. The van der Waals surface area contributed by atoms with Gasteiger partial charge in [0.1, 0.15) is 0 Å². The van der Waals surface area contributed by atoms with E-state index >= 15 is 0 Å². The van der Waals surface area contributed by atoms with Crippen LogP contribution in [0.4, 0.5) is 5.13 Å². The first-order chi connectivity index (χ1) is 13.4. The van der Waals surface area contributed by atoms with E-state index in [1.54, 1.807) is 11.8 Å². The molecule has 1 aromatic carbocycles. The predicted molar refractivity (Wildman–Crippen MR) is 116 cm³/mol. The lowest BCUT2D eigenvalue weighted by atomic mass is 10.0. The van der Waals surface area contributed by atoms with Crippen LogP contribution >= 0.6 is 23.1 Å². The molecule has 0 spiro atoms. The minimum atomic E-state index is -0.0387. The summed E-state index contributed by atoms with van der Waals surface area (Å²) in [5.41, 5.74) is 6.51. The number of benzene rings is 1. The number of thiazole rings is 1. The number of anilines is 1. The quantitative estimate of drug-likeness (QED) is 0.482. The van der Waals surface area contributed by atoms with Crippen LogP contribution in [0, 0.1) is 27.7 Å². The summed E-state index contributed by atoms with van der Waals surface area (Å²) in [6.45, 7) is 8.24. The number of aromatic nitrogens is 4. The number of hydrogen-bond donors (Lipinski definition) is 1. The lowest BCUT2D eigenvalue weighted by Gasteiger charge is -2.11. The van der Waals surface area contributed by atoms with E-state index < -0.39 is 0 Å². The van der Waals surface area contributed by atoms with Crippen LogP contribution in [0.15, 0.2) is 28.7 Å². The van der Waals surface area contributed by atoms with Crippen molar-refractivity contribution in [3.63, 3.8) is 0 Å². The molecule has 0 aliphatic heterocycles. The molecule has 0 saturated heterocycles. The molecule has 3 heterocycles. The van der Waals surface area contributed by atoms with E-state index in [4.69, 9.17) is 0 Å². The molecule has 4 aromatic rings. The molecule has 8 heteroatoms. The third-order valence-electron chi connectivity index (χ3n) is 4.52. The van der Waals surface area contributed by atoms with Crippen molar-refractivity contribution in [2.75, 3.05) is 11.1 Å². The van der Waals surface area contributed by atoms with E-state index in [9.17, 15) is 4.79 Å². The van der Waals surface area contributed by atoms with Crippen molar-refractivity contribution in [1.29, 1.82) is 0 Å². The van der Waals surface area contributed by atoms with Crippen LogP contribution in [-0.2, 0) is 4.79 Å². The van der Waals surface area contributed by atoms with E-state index in [2.05, 4.69) is 63.9 Å². The van der Waals surface area contributed by atoms with E-state index in [1.165, 1.54) is 33.4 Å². The van der Waals surface area contributed by atoms with Gasteiger partial charge in [0, 0.05) is 22.9 Å². The molecule has 0 unspecified atom stereocenters. The van der Waals surface area contributed by atoms with Crippen molar-refractivity contribution in [3.05, 3.63) is 46.0 Å². The van der Waals surface area contributed by atoms with Gasteiger partial charge in [0.05, 0.1) is 11.2 Å². The van der Waals surface area contributed by atoms with Gasteiger partial charge < -0.3 is 5.32 Å². The molecule has 3 aromatic heterocycles. The Balaban J connectivity index is 1.56. The molecule has 28 heavy (non-hydrogen) atoms. The monoisotopic (exact) mass is 411 g/mol. The van der Waals surface area contributed by atoms with Gasteiger partial charge in [-0.2, -0.15) is 0 Å². The highest BCUT2D eigenvalue weighted by Gasteiger charge is 2.14. The summed E-state index contributed by atoms with van der Waals surface area (Å²) in [5.74, 6) is 0.584. The molecule has 0 bridgehead atoms. The van der Waals surface area contributed by atoms with Crippen molar-refractivity contribution in [1.82, 2.24) is 19.6 Å². The number of carbonyl (C=O) groups excluding carboxylic acids is 1. The third kappa shape index (κ3) is 3.62. The van der Waals surface area contributed by atoms with Crippen molar-refractivity contribution in [2.45, 2.75) is 39.3 Å². The summed E-state index contributed by atoms with van der Waals surface area (Å²) in [6.07, 6.45) is 0.389. The lowest BCUT2D eigenvalue weighted by molar-refractivity contribution is -0.115. The highest BCUT2D eigenvalue weighted by molar-refractivity contribution is 7.99. The number of fused-ring (bicyclic) bond motifs is 3. The van der Waals surface area contributed by atoms with E-state index in [0.717, 1.165) is 22.0 Å². The number of nitrogens with one attached hydrogen (secondary N) is 1. The maximum Gasteiger partial charge on any atom is 0.226 e. The standard InChI is InChI=1S/C20H21N5OS2/c1-11-7-13(3)18-15(8-11)12(2)9-16-23-24-20(25(16)18)27-6-5-17(26)22-19-21-14(4)10-28-19/h7-10H,5-6H2,1-4H3,(H,21,22,26). The van der Waals surface area contributed by atoms with Crippen LogP contribution in [0.5, 0.6) is 0 Å². The average Bonchev–Trinajstić information content (AvgIpc) is 3.21. The van der Waals surface area contributed by atoms with Crippen LogP contribution in [0.25, 0.3) is 16.6 Å². The zero-order valence-electron chi connectivity index (χ0n) is 16.2. The molecule has 0 fully saturated rings. The van der Waals surface area contributed by atoms with Gasteiger partial charge in [0.25, 0.3) is 0 Å². The number of carbonyl (C=O) groups is 1. The maximum absolute atomic E-state index is 12.2. The molecule has 1 N–H and O–H groups in total. The summed E-state index contributed by atoms with van der Waals surface area (Å²) in [6, 6.07) is 6.45. The van der Waals surface area contributed by atoms with Crippen molar-refractivity contribution < 1.29 is 4.79 Å². The first-order valence-corrected chi connectivity index (χ1v) is 10.9. The Morgan fingerprint density at radius 2 is 1.96 bits per heavy atom. The van der Waals surface area contributed by atoms with Gasteiger partial charge in [-0.3, -0.25) is 9.20 Å². The Hall–Kier alpha value is -2.45. The first kappa shape index (κ1) is 18.9. The van der Waals surface area contributed by atoms with Crippen molar-refractivity contribution >= 4 is 50.7 Å². The zero-order valence-corrected chi connectivity index (χ0v) is 17.9. The summed E-state index contributed by atoms with van der Waals surface area (Å²) in [7, 11) is 0. The molecule has 1 amide bonds. The number of rotatable bonds is 5. The fourth-order valence-corrected chi connectivity index (χ4v) is 4.92. The van der Waals surface area contributed by atoms with E-state index in [-0.39, 0.29) is 5.91 Å². The fraction of sp³-hybridized carbons (Fsp3) is 0.300. The molecule has 6 nitrogen and oxygen atoms in total. The minimum Gasteiger partial charge on any atom is -0.302 e. The number of thioether (sulfide) groups is 1. The van der Waals surface area contributed by atoms with Crippen LogP contribution in [-0.4, -0.2) is 31.2 Å². The largest absolute Gasteiger partial charge is 0.302 e. The molecule has 0 atom stereocenters. The van der Waals surface area contributed by atoms with Gasteiger partial charge >= 0.3 is 0 Å². The summed E-state index contributed by atoms with van der Waals surface area (Å²) in [5, 5.41) is 16.1. The number of amides is 1. The average molecular weight is 412 g/mol. The Kier molecular flexibility index (Phi) is 5.07. The Morgan fingerprint density at radius 1 is 1.14 bits per heavy atom. The van der Waals surface area contributed by atoms with Crippen molar-refractivity contribution in [2.24, 2.45) is 0 Å². The van der Waals surface area contributed by atoms with E-state index in [1.807, 2.05) is 12.3 Å². The second-order valence-electron chi connectivity index (χ2n) is 6.92. The topological polar surface area (TPSA) is 72.2 Å². The molecule has 0 aliphatic carbocycles. The zero-order chi connectivity index (χ0) is 19.8. The normalized spacial score (nSPS) is 11.4. The summed E-state index contributed by atoms with van der Waals surface area (Å²) < 4.78 is 2.10. The maximum atomic E-state index is 12.2. The minimum absolute atomic E-state index is 0.0387. The van der Waals surface area contributed by atoms with Gasteiger partial charge in [-0.1, -0.05) is 23.4 Å². The van der Waals surface area contributed by atoms with Crippen LogP contribution < -0.4 is 5.32 Å². The van der Waals surface area contributed by atoms with Crippen LogP contribution in [0.2, 0.25) is 0 Å². The highest BCUT2D eigenvalue weighted by atomic mass is 32.2. The molecular formula is C20H21N5OS2. The van der Waals surface area contributed by atoms with E-state index in [0.29, 0.717) is 17.3 Å². The van der Waals surface area contributed by atoms with Gasteiger partial charge in [-0.25, -0.2) is 4.98 Å². The fourth-order valence-electron chi connectivity index (χ4n) is 3.34. The molecule has 4 rings (SSSR count). The molecule has 0 saturated carbocycles. The molecule has 144 valence electrons. The number of pyridine rings is 1. The van der Waals surface area contributed by atoms with Crippen molar-refractivity contribution in [3.8, 4) is 0 Å². The molecule has 0 aliphatic rings. The number of nitrogens with zero attached hydrogens (tertiary/aromatic N) is 4. The van der Waals surface area contributed by atoms with Crippen LogP contribution in [0.3, 0.4) is 0 Å². The van der Waals surface area contributed by atoms with Gasteiger partial charge in [-0.05, 0) is 51.0 Å². The Bertz CT molecular complexity index is 1190. The molecular weight excluding hydrogens is 390 g/mol. The third-order valence-corrected chi connectivity index (χ3v) is 6.33. The smallest absolute Gasteiger partial charge is 0.226 e. The number of hydrogen-bond acceptors (Lipinski definition) is 6. The Morgan fingerprint density at radius 3 is 2.71 bits per heavy atom. The SMILES string of the molecule is Cc1cc(C)c2c(c1)c(C)cc1nnc(SCCC(=O)Nc3nc(C)cs3)n12. The van der Waals surface area contributed by atoms with Crippen LogP contribution in [0.1, 0.15) is 28.8 Å². The summed E-state index contributed by atoms with van der Waals surface area (Å²) >= 11 is 2.99. The Labute approximate surface area is 171 Å². The predicted octanol–water partition coefficient (Wildman–Crippen LogP) is 4.69. The van der Waals surface area contributed by atoms with Gasteiger partial charge in [0.15, 0.2) is 15.9 Å². The first-order valence-electron chi connectivity index (χ1n) is 9.03. The molecule has 0 radical (unpaired) electrons. The van der Waals surface area contributed by atoms with Gasteiger partial charge in [-0.15, -0.1) is 21.5 Å². The highest BCUT2D eigenvalue weighted by Crippen LogP contribution is 2.29.